The monoisotopic (exact) mass is 733 g/mol. The molecular weight excluding hydrogens is 682 g/mol. The van der Waals surface area contributed by atoms with E-state index in [2.05, 4.69) is 10.6 Å². The molecule has 3 aromatic carbocycles. The topological polar surface area (TPSA) is 220 Å². The molecule has 2 atom stereocenters. The summed E-state index contributed by atoms with van der Waals surface area (Å²) in [5, 5.41) is 14.7. The van der Waals surface area contributed by atoms with Crippen LogP contribution >= 0.6 is 0 Å². The number of hydrogen-bond acceptors (Lipinski definition) is 9. The zero-order valence-corrected chi connectivity index (χ0v) is 30.2. The number of rotatable bonds is 11. The van der Waals surface area contributed by atoms with E-state index in [0.717, 1.165) is 16.0 Å². The number of nitrogens with one attached hydrogen (secondary N) is 2. The van der Waals surface area contributed by atoms with Crippen molar-refractivity contribution in [3.05, 3.63) is 106 Å². The first-order valence-electron chi connectivity index (χ1n) is 16.6. The van der Waals surface area contributed by atoms with Gasteiger partial charge in [0, 0.05) is 11.1 Å². The minimum atomic E-state index is -0.701. The molecule has 286 valence electrons. The lowest BCUT2D eigenvalue weighted by Crippen LogP contribution is -2.48. The lowest BCUT2D eigenvalue weighted by Gasteiger charge is -2.26. The van der Waals surface area contributed by atoms with Gasteiger partial charge in [0.2, 0.25) is 11.8 Å². The second kappa shape index (κ2) is 18.6. The summed E-state index contributed by atoms with van der Waals surface area (Å²) in [5.74, 6) is -1.84. The molecule has 1 aliphatic heterocycles. The van der Waals surface area contributed by atoms with Crippen LogP contribution in [0.25, 0.3) is 0 Å². The third kappa shape index (κ3) is 13.7. The first-order valence-corrected chi connectivity index (χ1v) is 16.6. The molecule has 0 unspecified atom stereocenters. The first kappa shape index (κ1) is 43.4. The highest BCUT2D eigenvalue weighted by Crippen LogP contribution is 2.23. The predicted octanol–water partition coefficient (Wildman–Crippen LogP) is 4.37. The third-order valence-electron chi connectivity index (χ3n) is 7.38. The molecule has 6 amide bonds. The highest BCUT2D eigenvalue weighted by atomic mass is 16.6. The predicted molar refractivity (Wildman–Crippen MR) is 199 cm³/mol. The van der Waals surface area contributed by atoms with Gasteiger partial charge in [-0.2, -0.15) is 0 Å². The number of amides is 6. The van der Waals surface area contributed by atoms with Crippen molar-refractivity contribution in [2.45, 2.75) is 85.1 Å². The Morgan fingerprint density at radius 2 is 1.02 bits per heavy atom. The molecule has 0 saturated carbocycles. The number of nitrogens with zero attached hydrogens (tertiary/aromatic N) is 1. The third-order valence-corrected chi connectivity index (χ3v) is 7.38. The maximum absolute atomic E-state index is 12.7. The molecule has 0 fully saturated rings. The summed E-state index contributed by atoms with van der Waals surface area (Å²) in [6.07, 6.45) is -0.487. The number of alkyl carbamates (subject to hydrolysis) is 2. The number of imide groups is 1. The molecule has 7 N–H and O–H groups in total. The molecule has 3 aromatic rings. The smallest absolute Gasteiger partial charge is 0.407 e. The Labute approximate surface area is 310 Å². The fourth-order valence-corrected chi connectivity index (χ4v) is 5.08. The minimum absolute atomic E-state index is 0. The van der Waals surface area contributed by atoms with Gasteiger partial charge in [-0.05, 0) is 102 Å². The summed E-state index contributed by atoms with van der Waals surface area (Å²) in [5.41, 5.74) is 12.3. The van der Waals surface area contributed by atoms with Crippen molar-refractivity contribution in [1.29, 1.82) is 0 Å². The molecule has 53 heavy (non-hydrogen) atoms. The highest BCUT2D eigenvalue weighted by molar-refractivity contribution is 6.21. The highest BCUT2D eigenvalue weighted by Gasteiger charge is 2.37. The SMILES string of the molecule is C.CC(C)(C)OC(=O)N[C@@H](Cc1ccc(C(N)=O)cc1)CN1C(=O)c2ccccc2C1=O.CC(C)(C)OC(=O)N[C@H](CO)Cc1ccc(C(N)=O)cc1. The largest absolute Gasteiger partial charge is 0.444 e. The molecule has 0 aromatic heterocycles. The summed E-state index contributed by atoms with van der Waals surface area (Å²) in [6.45, 7) is 10.3. The van der Waals surface area contributed by atoms with Gasteiger partial charge in [-0.3, -0.25) is 24.1 Å². The van der Waals surface area contributed by atoms with Gasteiger partial charge in [0.1, 0.15) is 11.2 Å². The molecule has 0 spiro atoms. The maximum Gasteiger partial charge on any atom is 0.407 e. The number of aliphatic hydroxyl groups is 1. The Bertz CT molecular complexity index is 1730. The van der Waals surface area contributed by atoms with Crippen LogP contribution in [0.2, 0.25) is 0 Å². The number of fused-ring (bicyclic) bond motifs is 1. The molecule has 4 rings (SSSR count). The molecule has 0 aliphatic carbocycles. The van der Waals surface area contributed by atoms with Gasteiger partial charge < -0.3 is 36.7 Å². The van der Waals surface area contributed by atoms with Crippen LogP contribution in [-0.4, -0.2) is 82.3 Å². The number of primary amides is 2. The Hall–Kier alpha value is -5.76. The van der Waals surface area contributed by atoms with E-state index in [0.29, 0.717) is 35.1 Å². The van der Waals surface area contributed by atoms with Crippen molar-refractivity contribution < 1.29 is 43.3 Å². The van der Waals surface area contributed by atoms with E-state index in [1.807, 2.05) is 0 Å². The average molecular weight is 734 g/mol. The van der Waals surface area contributed by atoms with Crippen LogP contribution in [0.4, 0.5) is 9.59 Å². The van der Waals surface area contributed by atoms with Crippen LogP contribution in [0.1, 0.15) is 102 Å². The standard InChI is InChI=1S/C23H25N3O5.C15H22N2O4.CH4/c1-23(2,3)31-22(30)25-16(12-14-8-10-15(11-9-14)19(24)27)13-26-20(28)17-6-4-5-7-18(17)21(26)29;1-15(2,3)21-14(20)17-12(9-18)8-10-4-6-11(7-5-10)13(16)19;/h4-11,16H,12-13H2,1-3H3,(H2,24,27)(H,25,30);4-7,12,18H,8-9H2,1-3H3,(H2,16,19)(H,17,20);1H4/t16-;12-;/m00./s1. The van der Waals surface area contributed by atoms with Crippen LogP contribution in [0.3, 0.4) is 0 Å². The van der Waals surface area contributed by atoms with Gasteiger partial charge >= 0.3 is 12.2 Å². The van der Waals surface area contributed by atoms with Crippen LogP contribution in [0.15, 0.2) is 72.8 Å². The van der Waals surface area contributed by atoms with Crippen molar-refractivity contribution in [2.24, 2.45) is 11.5 Å². The number of nitrogens with two attached hydrogens (primary N) is 2. The number of carbonyl (C=O) groups is 6. The second-order valence-electron chi connectivity index (χ2n) is 14.2. The van der Waals surface area contributed by atoms with E-state index >= 15 is 0 Å². The lowest BCUT2D eigenvalue weighted by atomic mass is 10.0. The van der Waals surface area contributed by atoms with E-state index in [9.17, 15) is 33.9 Å². The quantitative estimate of drug-likeness (QED) is 0.176. The van der Waals surface area contributed by atoms with E-state index < -0.39 is 59.1 Å². The van der Waals surface area contributed by atoms with Crippen molar-refractivity contribution in [3.8, 4) is 0 Å². The van der Waals surface area contributed by atoms with Crippen molar-refractivity contribution in [1.82, 2.24) is 15.5 Å². The Morgan fingerprint density at radius 1 is 0.660 bits per heavy atom. The van der Waals surface area contributed by atoms with E-state index in [-0.39, 0.29) is 20.6 Å². The van der Waals surface area contributed by atoms with E-state index in [1.54, 1.807) is 114 Å². The molecule has 1 heterocycles. The van der Waals surface area contributed by atoms with Crippen LogP contribution in [-0.2, 0) is 22.3 Å². The van der Waals surface area contributed by atoms with E-state index in [1.165, 1.54) is 0 Å². The van der Waals surface area contributed by atoms with Gasteiger partial charge in [0.05, 0.1) is 36.4 Å². The van der Waals surface area contributed by atoms with Gasteiger partial charge in [-0.25, -0.2) is 9.59 Å². The molecule has 0 bridgehead atoms. The summed E-state index contributed by atoms with van der Waals surface area (Å²) >= 11 is 0. The summed E-state index contributed by atoms with van der Waals surface area (Å²) in [6, 6.07) is 18.8. The normalized spacial score (nSPS) is 13.3. The minimum Gasteiger partial charge on any atom is -0.444 e. The van der Waals surface area contributed by atoms with Gasteiger partial charge in [0.25, 0.3) is 11.8 Å². The van der Waals surface area contributed by atoms with E-state index in [4.69, 9.17) is 20.9 Å². The Balaban J connectivity index is 0.000000388. The average Bonchev–Trinajstić information content (AvgIpc) is 3.28. The van der Waals surface area contributed by atoms with Crippen LogP contribution < -0.4 is 22.1 Å². The zero-order chi connectivity index (χ0) is 38.8. The molecule has 0 saturated heterocycles. The van der Waals surface area contributed by atoms with Crippen LogP contribution in [0.5, 0.6) is 0 Å². The Morgan fingerprint density at radius 3 is 1.36 bits per heavy atom. The number of aliphatic hydroxyl groups excluding tert-OH is 1. The second-order valence-corrected chi connectivity index (χ2v) is 14.2. The van der Waals surface area contributed by atoms with Gasteiger partial charge in [-0.15, -0.1) is 0 Å². The molecule has 14 heteroatoms. The summed E-state index contributed by atoms with van der Waals surface area (Å²) < 4.78 is 10.5. The summed E-state index contributed by atoms with van der Waals surface area (Å²) in [7, 11) is 0. The van der Waals surface area contributed by atoms with Crippen molar-refractivity contribution in [3.63, 3.8) is 0 Å². The fraction of sp³-hybridized carbons (Fsp3) is 0.385. The molecule has 14 nitrogen and oxygen atoms in total. The Kier molecular flexibility index (Phi) is 15.3. The number of benzene rings is 3. The molecule has 0 radical (unpaired) electrons. The van der Waals surface area contributed by atoms with Gasteiger partial charge in [-0.1, -0.05) is 43.8 Å². The number of carbonyl (C=O) groups excluding carboxylic acids is 6. The van der Waals surface area contributed by atoms with Gasteiger partial charge in [0.15, 0.2) is 0 Å². The molecule has 1 aliphatic rings. The van der Waals surface area contributed by atoms with Crippen molar-refractivity contribution >= 4 is 35.8 Å². The van der Waals surface area contributed by atoms with Crippen molar-refractivity contribution in [2.75, 3.05) is 13.2 Å². The number of hydrogen-bond donors (Lipinski definition) is 5. The number of ether oxygens (including phenoxy) is 2. The maximum atomic E-state index is 12.7. The van der Waals surface area contributed by atoms with Crippen LogP contribution in [0, 0.1) is 0 Å². The first-order chi connectivity index (χ1) is 24.3. The zero-order valence-electron chi connectivity index (χ0n) is 30.2. The lowest BCUT2D eigenvalue weighted by molar-refractivity contribution is 0.0466. The molecular formula is C39H51N5O9. The fourth-order valence-electron chi connectivity index (χ4n) is 5.08. The summed E-state index contributed by atoms with van der Waals surface area (Å²) in [4.78, 5) is 72.9.